The van der Waals surface area contributed by atoms with Crippen LogP contribution in [0.2, 0.25) is 0 Å². The van der Waals surface area contributed by atoms with E-state index in [0.29, 0.717) is 0 Å². The van der Waals surface area contributed by atoms with E-state index in [1.54, 1.807) is 0 Å². The second-order valence-electron chi connectivity index (χ2n) is 3.55. The van der Waals surface area contributed by atoms with Crippen LogP contribution in [-0.2, 0) is 0 Å². The third kappa shape index (κ3) is 3.25. The lowest BCUT2D eigenvalue weighted by Crippen LogP contribution is -2.30. The SMILES string of the molecule is CC=C=C(C)CN1CCCCC1. The lowest BCUT2D eigenvalue weighted by atomic mass is 10.1. The van der Waals surface area contributed by atoms with Crippen LogP contribution in [0.15, 0.2) is 17.4 Å². The second-order valence-corrected chi connectivity index (χ2v) is 3.55. The number of hydrogen-bond donors (Lipinski definition) is 0. The molecule has 1 aliphatic rings. The van der Waals surface area contributed by atoms with Crippen LogP contribution in [-0.4, -0.2) is 24.5 Å². The van der Waals surface area contributed by atoms with Gasteiger partial charge in [-0.2, -0.15) is 0 Å². The standard InChI is InChI=1S/C11H19N/c1-3-7-11(2)10-12-8-5-4-6-9-12/h3H,4-6,8-10H2,1-2H3. The van der Waals surface area contributed by atoms with Gasteiger partial charge >= 0.3 is 0 Å². The predicted molar refractivity (Wildman–Crippen MR) is 53.2 cm³/mol. The summed E-state index contributed by atoms with van der Waals surface area (Å²) in [6.45, 7) is 7.87. The Labute approximate surface area is 75.8 Å². The average Bonchev–Trinajstić information content (AvgIpc) is 2.06. The van der Waals surface area contributed by atoms with E-state index in [4.69, 9.17) is 0 Å². The van der Waals surface area contributed by atoms with Crippen LogP contribution >= 0.6 is 0 Å². The minimum Gasteiger partial charge on any atom is -0.299 e. The second kappa shape index (κ2) is 5.18. The highest BCUT2D eigenvalue weighted by molar-refractivity contribution is 4.99. The molecule has 0 aromatic carbocycles. The number of likely N-dealkylation sites (tertiary alicyclic amines) is 1. The van der Waals surface area contributed by atoms with E-state index in [0.717, 1.165) is 6.54 Å². The fourth-order valence-electron chi connectivity index (χ4n) is 1.74. The van der Waals surface area contributed by atoms with Gasteiger partial charge in [-0.25, -0.2) is 0 Å². The van der Waals surface area contributed by atoms with E-state index in [2.05, 4.69) is 17.6 Å². The smallest absolute Gasteiger partial charge is 0.0265 e. The van der Waals surface area contributed by atoms with Crippen molar-refractivity contribution in [2.75, 3.05) is 19.6 Å². The van der Waals surface area contributed by atoms with Crippen LogP contribution in [0.5, 0.6) is 0 Å². The summed E-state index contributed by atoms with van der Waals surface area (Å²) in [5, 5.41) is 0. The molecular weight excluding hydrogens is 146 g/mol. The molecule has 0 aliphatic carbocycles. The van der Waals surface area contributed by atoms with Crippen molar-refractivity contribution in [2.24, 2.45) is 0 Å². The minimum absolute atomic E-state index is 1.12. The minimum atomic E-state index is 1.12. The third-order valence-corrected chi connectivity index (χ3v) is 2.30. The van der Waals surface area contributed by atoms with Crippen LogP contribution < -0.4 is 0 Å². The van der Waals surface area contributed by atoms with Crippen molar-refractivity contribution in [2.45, 2.75) is 33.1 Å². The van der Waals surface area contributed by atoms with Gasteiger partial charge < -0.3 is 0 Å². The van der Waals surface area contributed by atoms with Gasteiger partial charge in [0.1, 0.15) is 0 Å². The Kier molecular flexibility index (Phi) is 4.13. The monoisotopic (exact) mass is 165 g/mol. The maximum Gasteiger partial charge on any atom is 0.0265 e. The van der Waals surface area contributed by atoms with Crippen LogP contribution in [0.1, 0.15) is 33.1 Å². The number of piperidine rings is 1. The first-order chi connectivity index (χ1) is 5.83. The van der Waals surface area contributed by atoms with Crippen molar-refractivity contribution in [3.05, 3.63) is 17.4 Å². The lowest BCUT2D eigenvalue weighted by Gasteiger charge is -2.26. The summed E-state index contributed by atoms with van der Waals surface area (Å²) in [5.74, 6) is 0. The molecule has 0 aromatic heterocycles. The van der Waals surface area contributed by atoms with Crippen LogP contribution in [0.25, 0.3) is 0 Å². The summed E-state index contributed by atoms with van der Waals surface area (Å²) in [7, 11) is 0. The third-order valence-electron chi connectivity index (χ3n) is 2.30. The fourth-order valence-corrected chi connectivity index (χ4v) is 1.74. The fraction of sp³-hybridized carbons (Fsp3) is 0.727. The highest BCUT2D eigenvalue weighted by Crippen LogP contribution is 2.09. The van der Waals surface area contributed by atoms with E-state index in [1.807, 2.05) is 13.0 Å². The molecule has 0 bridgehead atoms. The first-order valence-corrected chi connectivity index (χ1v) is 4.92. The van der Waals surface area contributed by atoms with E-state index in [-0.39, 0.29) is 0 Å². The van der Waals surface area contributed by atoms with Gasteiger partial charge in [0, 0.05) is 6.54 Å². The summed E-state index contributed by atoms with van der Waals surface area (Å²) < 4.78 is 0. The van der Waals surface area contributed by atoms with Crippen molar-refractivity contribution in [1.29, 1.82) is 0 Å². The molecule has 0 spiro atoms. The van der Waals surface area contributed by atoms with Crippen LogP contribution in [0, 0.1) is 0 Å². The molecule has 0 N–H and O–H groups in total. The highest BCUT2D eigenvalue weighted by Gasteiger charge is 2.09. The molecule has 1 nitrogen and oxygen atoms in total. The Bertz CT molecular complexity index is 181. The normalized spacial score (nSPS) is 18.5. The summed E-state index contributed by atoms with van der Waals surface area (Å²) in [6.07, 6.45) is 6.17. The van der Waals surface area contributed by atoms with Gasteiger partial charge in [-0.15, -0.1) is 5.73 Å². The quantitative estimate of drug-likeness (QED) is 0.568. The van der Waals surface area contributed by atoms with Gasteiger partial charge in [0.05, 0.1) is 0 Å². The van der Waals surface area contributed by atoms with Crippen molar-refractivity contribution in [3.8, 4) is 0 Å². The van der Waals surface area contributed by atoms with Crippen LogP contribution in [0.3, 0.4) is 0 Å². The molecule has 1 rings (SSSR count). The van der Waals surface area contributed by atoms with E-state index in [9.17, 15) is 0 Å². The molecule has 0 saturated carbocycles. The maximum absolute atomic E-state index is 3.24. The van der Waals surface area contributed by atoms with Gasteiger partial charge in [0.25, 0.3) is 0 Å². The van der Waals surface area contributed by atoms with Crippen molar-refractivity contribution >= 4 is 0 Å². The molecule has 0 aromatic rings. The first-order valence-electron chi connectivity index (χ1n) is 4.92. The van der Waals surface area contributed by atoms with E-state index >= 15 is 0 Å². The van der Waals surface area contributed by atoms with Gasteiger partial charge in [0.15, 0.2) is 0 Å². The summed E-state index contributed by atoms with van der Waals surface area (Å²) in [6, 6.07) is 0. The van der Waals surface area contributed by atoms with Crippen molar-refractivity contribution < 1.29 is 0 Å². The molecule has 0 radical (unpaired) electrons. The molecule has 68 valence electrons. The van der Waals surface area contributed by atoms with Crippen molar-refractivity contribution in [3.63, 3.8) is 0 Å². The van der Waals surface area contributed by atoms with Gasteiger partial charge in [-0.1, -0.05) is 6.42 Å². The van der Waals surface area contributed by atoms with E-state index in [1.165, 1.54) is 37.9 Å². The van der Waals surface area contributed by atoms with Gasteiger partial charge in [-0.05, 0) is 51.4 Å². The first kappa shape index (κ1) is 9.57. The lowest BCUT2D eigenvalue weighted by molar-refractivity contribution is 0.247. The number of nitrogens with zero attached hydrogens (tertiary/aromatic N) is 1. The Morgan fingerprint density at radius 2 is 2.00 bits per heavy atom. The summed E-state index contributed by atoms with van der Waals surface area (Å²) in [5.41, 5.74) is 4.60. The highest BCUT2D eigenvalue weighted by atomic mass is 15.1. The molecule has 1 aliphatic heterocycles. The Balaban J connectivity index is 2.34. The predicted octanol–water partition coefficient (Wildman–Crippen LogP) is 2.59. The molecule has 1 heterocycles. The zero-order valence-corrected chi connectivity index (χ0v) is 8.27. The molecule has 1 heteroatoms. The number of rotatable bonds is 2. The zero-order valence-electron chi connectivity index (χ0n) is 8.27. The Morgan fingerprint density at radius 1 is 1.33 bits per heavy atom. The molecule has 1 saturated heterocycles. The molecule has 12 heavy (non-hydrogen) atoms. The Hall–Kier alpha value is -0.520. The Morgan fingerprint density at radius 3 is 2.58 bits per heavy atom. The van der Waals surface area contributed by atoms with Gasteiger partial charge in [0.2, 0.25) is 0 Å². The largest absolute Gasteiger partial charge is 0.299 e. The molecular formula is C11H19N. The molecule has 0 atom stereocenters. The van der Waals surface area contributed by atoms with Gasteiger partial charge in [-0.3, -0.25) is 4.90 Å². The van der Waals surface area contributed by atoms with Crippen molar-refractivity contribution in [1.82, 2.24) is 4.90 Å². The van der Waals surface area contributed by atoms with E-state index < -0.39 is 0 Å². The molecule has 0 unspecified atom stereocenters. The zero-order chi connectivity index (χ0) is 8.81. The maximum atomic E-state index is 3.24. The average molecular weight is 165 g/mol. The van der Waals surface area contributed by atoms with Crippen LogP contribution in [0.4, 0.5) is 0 Å². The number of hydrogen-bond acceptors (Lipinski definition) is 1. The summed E-state index contributed by atoms with van der Waals surface area (Å²) >= 11 is 0. The molecule has 1 fully saturated rings. The molecule has 0 amide bonds. The summed E-state index contributed by atoms with van der Waals surface area (Å²) in [4.78, 5) is 2.52. The topological polar surface area (TPSA) is 3.24 Å².